The molecule has 0 radical (unpaired) electrons. The van der Waals surface area contributed by atoms with Gasteiger partial charge in [-0.3, -0.25) is 14.4 Å². The SMILES string of the molecule is CN[C@@H](C)C(=O)N[C@@H]1C(=O)N(Cc2c(OC)ccc3c(C(F)(F)C(=O)OF)c(C(=O)NS(C)(=O)=O)ccc23)c2ccccc2OC12CCOCC2. The molecule has 3 amide bonds. The zero-order valence-electron chi connectivity index (χ0n) is 27.9. The monoisotopic (exact) mass is 736 g/mol. The highest BCUT2D eigenvalue weighted by Crippen LogP contribution is 2.44. The molecule has 0 aliphatic carbocycles. The minimum absolute atomic E-state index is 0.0767. The number of methoxy groups -OCH3 is 1. The highest BCUT2D eigenvalue weighted by atomic mass is 32.2. The van der Waals surface area contributed by atoms with Gasteiger partial charge in [0.25, 0.3) is 11.8 Å². The van der Waals surface area contributed by atoms with Crippen LogP contribution in [0.25, 0.3) is 10.8 Å². The molecule has 274 valence electrons. The van der Waals surface area contributed by atoms with Crippen molar-refractivity contribution < 1.29 is 60.1 Å². The molecule has 2 aliphatic heterocycles. The van der Waals surface area contributed by atoms with E-state index in [4.69, 9.17) is 14.2 Å². The third-order valence-electron chi connectivity index (χ3n) is 8.93. The van der Waals surface area contributed by atoms with E-state index in [0.717, 1.165) is 12.1 Å². The highest BCUT2D eigenvalue weighted by Gasteiger charge is 2.52. The van der Waals surface area contributed by atoms with Crippen LogP contribution in [0.4, 0.5) is 19.0 Å². The van der Waals surface area contributed by atoms with Crippen LogP contribution in [0.3, 0.4) is 0 Å². The predicted octanol–water partition coefficient (Wildman–Crippen LogP) is 2.62. The van der Waals surface area contributed by atoms with E-state index in [0.29, 0.717) is 6.26 Å². The van der Waals surface area contributed by atoms with Gasteiger partial charge in [-0.25, -0.2) is 22.9 Å². The number of ether oxygens (including phenoxy) is 3. The Bertz CT molecular complexity index is 1990. The van der Waals surface area contributed by atoms with Crippen LogP contribution in [0.1, 0.15) is 41.3 Å². The average Bonchev–Trinajstić information content (AvgIpc) is 3.18. The Hall–Kier alpha value is -4.94. The number of sulfonamides is 1. The number of likely N-dealkylation sites (N-methyl/N-ethyl adjacent to an activating group) is 1. The zero-order valence-corrected chi connectivity index (χ0v) is 28.7. The van der Waals surface area contributed by atoms with Crippen molar-refractivity contribution in [3.63, 3.8) is 0 Å². The second kappa shape index (κ2) is 14.4. The van der Waals surface area contributed by atoms with Crippen molar-refractivity contribution in [2.45, 2.75) is 49.9 Å². The van der Waals surface area contributed by atoms with Gasteiger partial charge in [-0.05, 0) is 49.0 Å². The lowest BCUT2D eigenvalue weighted by Gasteiger charge is -2.41. The number of halogens is 3. The average molecular weight is 737 g/mol. The number of carbonyl (C=O) groups excluding carboxylic acids is 4. The minimum Gasteiger partial charge on any atom is -0.496 e. The lowest BCUT2D eigenvalue weighted by molar-refractivity contribution is -0.213. The van der Waals surface area contributed by atoms with E-state index >= 15 is 8.78 Å². The van der Waals surface area contributed by atoms with Crippen molar-refractivity contribution in [1.82, 2.24) is 15.4 Å². The van der Waals surface area contributed by atoms with Crippen molar-refractivity contribution in [2.75, 3.05) is 38.5 Å². The van der Waals surface area contributed by atoms with Gasteiger partial charge in [0.15, 0.2) is 0 Å². The molecule has 3 N–H and O–H groups in total. The Labute approximate surface area is 290 Å². The fourth-order valence-electron chi connectivity index (χ4n) is 6.27. The second-order valence-corrected chi connectivity index (χ2v) is 13.8. The van der Waals surface area contributed by atoms with Gasteiger partial charge in [0.05, 0.1) is 56.0 Å². The molecule has 2 atom stereocenters. The summed E-state index contributed by atoms with van der Waals surface area (Å²) in [5.74, 6) is -9.74. The van der Waals surface area contributed by atoms with Crippen LogP contribution < -0.4 is 29.7 Å². The molecule has 14 nitrogen and oxygen atoms in total. The van der Waals surface area contributed by atoms with Crippen LogP contribution in [0.5, 0.6) is 11.5 Å². The highest BCUT2D eigenvalue weighted by molar-refractivity contribution is 7.89. The number of hydrogen-bond acceptors (Lipinski definition) is 11. The summed E-state index contributed by atoms with van der Waals surface area (Å²) in [6.45, 7) is 1.67. The molecule has 3 aromatic rings. The van der Waals surface area contributed by atoms with Gasteiger partial charge in [0.2, 0.25) is 15.9 Å². The molecule has 1 fully saturated rings. The minimum atomic E-state index is -4.81. The number of anilines is 1. The van der Waals surface area contributed by atoms with Crippen molar-refractivity contribution in [1.29, 1.82) is 0 Å². The standard InChI is InChI=1S/C33H35F3N4O10S/c1-18(37-2)28(41)38-27-30(43)40(23-7-5-6-8-25(23)49-32(27)13-15-48-16-14-32)17-22-19-9-10-21(29(42)39-51(4,45)46)26(33(34,35)31(44)50-36)20(19)11-12-24(22)47-3/h5-12,18,27,37H,13-17H2,1-4H3,(H,38,41)(H,39,42)/t18-,27+/m0/s1. The number of rotatable bonds is 10. The summed E-state index contributed by atoms with van der Waals surface area (Å²) in [6.07, 6.45) is 1.08. The first-order valence-electron chi connectivity index (χ1n) is 15.6. The van der Waals surface area contributed by atoms with Crippen LogP contribution in [0.2, 0.25) is 0 Å². The number of hydrogen-bond donors (Lipinski definition) is 3. The molecule has 2 aliphatic rings. The van der Waals surface area contributed by atoms with Crippen LogP contribution in [-0.4, -0.2) is 83.4 Å². The molecule has 5 rings (SSSR count). The summed E-state index contributed by atoms with van der Waals surface area (Å²) >= 11 is 0. The molecule has 0 bridgehead atoms. The lowest BCUT2D eigenvalue weighted by atomic mass is 9.84. The Morgan fingerprint density at radius 1 is 1.08 bits per heavy atom. The van der Waals surface area contributed by atoms with Crippen LogP contribution in [-0.2, 0) is 46.6 Å². The Morgan fingerprint density at radius 3 is 2.37 bits per heavy atom. The van der Waals surface area contributed by atoms with Crippen molar-refractivity contribution >= 4 is 50.2 Å². The summed E-state index contributed by atoms with van der Waals surface area (Å²) < 4.78 is 87.3. The second-order valence-electron chi connectivity index (χ2n) is 12.1. The van der Waals surface area contributed by atoms with Crippen LogP contribution in [0.15, 0.2) is 48.5 Å². The van der Waals surface area contributed by atoms with Gasteiger partial charge in [0.1, 0.15) is 23.1 Å². The van der Waals surface area contributed by atoms with E-state index < -0.39 is 80.4 Å². The number of para-hydroxylation sites is 2. The molecular formula is C33H35F3N4O10S. The maximum absolute atomic E-state index is 15.7. The zero-order chi connectivity index (χ0) is 37.3. The van der Waals surface area contributed by atoms with Crippen molar-refractivity contribution in [2.24, 2.45) is 0 Å². The Kier molecular flexibility index (Phi) is 10.5. The molecule has 51 heavy (non-hydrogen) atoms. The van der Waals surface area contributed by atoms with Gasteiger partial charge in [-0.1, -0.05) is 24.3 Å². The largest absolute Gasteiger partial charge is 0.496 e. The number of benzene rings is 3. The van der Waals surface area contributed by atoms with Gasteiger partial charge < -0.3 is 29.7 Å². The van der Waals surface area contributed by atoms with Gasteiger partial charge in [-0.15, -0.1) is 0 Å². The quantitative estimate of drug-likeness (QED) is 0.279. The summed E-state index contributed by atoms with van der Waals surface area (Å²) in [5, 5.41) is 5.11. The Balaban J connectivity index is 1.74. The van der Waals surface area contributed by atoms with Gasteiger partial charge in [-0.2, -0.15) is 8.78 Å². The van der Waals surface area contributed by atoms with E-state index in [9.17, 15) is 32.1 Å². The number of nitrogens with zero attached hydrogens (tertiary/aromatic N) is 1. The molecule has 2 heterocycles. The molecule has 1 spiro atoms. The normalized spacial score (nSPS) is 17.9. The number of fused-ring (bicyclic) bond motifs is 2. The predicted molar refractivity (Wildman–Crippen MR) is 175 cm³/mol. The van der Waals surface area contributed by atoms with E-state index in [1.807, 2.05) is 0 Å². The van der Waals surface area contributed by atoms with Gasteiger partial charge >= 0.3 is 11.9 Å². The first-order valence-corrected chi connectivity index (χ1v) is 17.5. The molecule has 0 saturated carbocycles. The number of nitrogens with one attached hydrogen (secondary N) is 3. The first-order chi connectivity index (χ1) is 24.1. The topological polar surface area (TPSA) is 179 Å². The maximum Gasteiger partial charge on any atom is 0.422 e. The summed E-state index contributed by atoms with van der Waals surface area (Å²) in [6, 6.07) is 8.96. The van der Waals surface area contributed by atoms with Crippen molar-refractivity contribution in [3.05, 3.63) is 65.2 Å². The fraction of sp³-hybridized carbons (Fsp3) is 0.394. The van der Waals surface area contributed by atoms with Gasteiger partial charge in [0, 0.05) is 22.9 Å². The van der Waals surface area contributed by atoms with Crippen molar-refractivity contribution in [3.8, 4) is 11.5 Å². The van der Waals surface area contributed by atoms with E-state index in [1.54, 1.807) is 43.0 Å². The smallest absolute Gasteiger partial charge is 0.422 e. The van der Waals surface area contributed by atoms with Crippen LogP contribution in [0, 0.1) is 0 Å². The molecule has 18 heteroatoms. The molecular weight excluding hydrogens is 701 g/mol. The number of amides is 3. The van der Waals surface area contributed by atoms with E-state index in [2.05, 4.69) is 15.6 Å². The number of carbonyl (C=O) groups is 4. The third kappa shape index (κ3) is 7.15. The summed E-state index contributed by atoms with van der Waals surface area (Å²) in [4.78, 5) is 57.3. The molecule has 0 aromatic heterocycles. The molecule has 1 saturated heterocycles. The maximum atomic E-state index is 15.7. The lowest BCUT2D eigenvalue weighted by Crippen LogP contribution is -2.65. The Morgan fingerprint density at radius 2 is 1.75 bits per heavy atom. The van der Waals surface area contributed by atoms with E-state index in [1.165, 1.54) is 24.1 Å². The third-order valence-corrected chi connectivity index (χ3v) is 9.49. The van der Waals surface area contributed by atoms with E-state index in [-0.39, 0.29) is 54.2 Å². The van der Waals surface area contributed by atoms with Crippen LogP contribution >= 0.6 is 0 Å². The fourth-order valence-corrected chi connectivity index (χ4v) is 6.71. The first kappa shape index (κ1) is 37.3. The summed E-state index contributed by atoms with van der Waals surface area (Å²) in [5.41, 5.74) is -3.20. The number of alkyl halides is 2. The summed E-state index contributed by atoms with van der Waals surface area (Å²) in [7, 11) is -1.41. The molecule has 3 aromatic carbocycles. The molecule has 0 unspecified atom stereocenters.